The fraction of sp³-hybridized carbons (Fsp3) is 0.538. The zero-order valence-electron chi connectivity index (χ0n) is 9.78. The molecule has 2 rings (SSSR count). The van der Waals surface area contributed by atoms with Crippen molar-refractivity contribution in [3.63, 3.8) is 0 Å². The highest BCUT2D eigenvalue weighted by atomic mass is 79.9. The molecule has 3 heteroatoms. The summed E-state index contributed by atoms with van der Waals surface area (Å²) >= 11 is 3.42. The lowest BCUT2D eigenvalue weighted by Crippen LogP contribution is -2.33. The van der Waals surface area contributed by atoms with Gasteiger partial charge in [-0.25, -0.2) is 0 Å². The van der Waals surface area contributed by atoms with Gasteiger partial charge in [-0.2, -0.15) is 0 Å². The molecule has 16 heavy (non-hydrogen) atoms. The minimum atomic E-state index is -0.717. The van der Waals surface area contributed by atoms with Crippen LogP contribution in [0.5, 0.6) is 0 Å². The second kappa shape index (κ2) is 4.47. The first-order valence-electron chi connectivity index (χ1n) is 5.67. The van der Waals surface area contributed by atoms with Crippen LogP contribution >= 0.6 is 15.9 Å². The van der Waals surface area contributed by atoms with Gasteiger partial charge in [-0.05, 0) is 44.6 Å². The Labute approximate surface area is 105 Å². The molecule has 0 aromatic heterocycles. The summed E-state index contributed by atoms with van der Waals surface area (Å²) in [7, 11) is 2.11. The van der Waals surface area contributed by atoms with Gasteiger partial charge in [-0.3, -0.25) is 0 Å². The van der Waals surface area contributed by atoms with E-state index in [1.54, 1.807) is 0 Å². The third kappa shape index (κ3) is 2.31. The van der Waals surface area contributed by atoms with Crippen LogP contribution in [0.4, 0.5) is 0 Å². The van der Waals surface area contributed by atoms with Crippen molar-refractivity contribution in [2.45, 2.75) is 18.9 Å². The summed E-state index contributed by atoms with van der Waals surface area (Å²) in [5, 5.41) is 10.7. The average molecular weight is 284 g/mol. The summed E-state index contributed by atoms with van der Waals surface area (Å²) in [4.78, 5) is 2.28. The first-order chi connectivity index (χ1) is 7.50. The molecule has 0 bridgehead atoms. The highest BCUT2D eigenvalue weighted by molar-refractivity contribution is 9.10. The van der Waals surface area contributed by atoms with Gasteiger partial charge in [-0.1, -0.05) is 28.1 Å². The molecule has 0 aliphatic carbocycles. The number of aliphatic hydroxyl groups is 1. The van der Waals surface area contributed by atoms with Gasteiger partial charge in [0.25, 0.3) is 0 Å². The molecular weight excluding hydrogens is 266 g/mol. The van der Waals surface area contributed by atoms with Gasteiger partial charge in [0.05, 0.1) is 5.60 Å². The SMILES string of the molecule is CN1CCC(C(C)(O)c2ccc(Br)cc2)C1. The van der Waals surface area contributed by atoms with Gasteiger partial charge < -0.3 is 10.0 Å². The van der Waals surface area contributed by atoms with E-state index in [4.69, 9.17) is 0 Å². The zero-order chi connectivity index (χ0) is 11.8. The number of hydrogen-bond acceptors (Lipinski definition) is 2. The van der Waals surface area contributed by atoms with Crippen molar-refractivity contribution in [3.05, 3.63) is 34.3 Å². The van der Waals surface area contributed by atoms with Gasteiger partial charge in [-0.15, -0.1) is 0 Å². The molecule has 2 nitrogen and oxygen atoms in total. The molecule has 1 saturated heterocycles. The molecule has 1 aliphatic heterocycles. The maximum absolute atomic E-state index is 10.7. The van der Waals surface area contributed by atoms with E-state index in [1.807, 2.05) is 31.2 Å². The van der Waals surface area contributed by atoms with E-state index in [2.05, 4.69) is 27.9 Å². The van der Waals surface area contributed by atoms with Gasteiger partial charge in [0.2, 0.25) is 0 Å². The van der Waals surface area contributed by atoms with Gasteiger partial charge in [0.1, 0.15) is 0 Å². The van der Waals surface area contributed by atoms with Crippen LogP contribution in [0.1, 0.15) is 18.9 Å². The van der Waals surface area contributed by atoms with Crippen LogP contribution in [0.2, 0.25) is 0 Å². The summed E-state index contributed by atoms with van der Waals surface area (Å²) in [5.74, 6) is 0.332. The molecule has 2 unspecified atom stereocenters. The molecule has 0 radical (unpaired) electrons. The predicted molar refractivity (Wildman–Crippen MR) is 69.3 cm³/mol. The molecule has 1 heterocycles. The van der Waals surface area contributed by atoms with E-state index in [0.29, 0.717) is 5.92 Å². The summed E-state index contributed by atoms with van der Waals surface area (Å²) in [6.07, 6.45) is 1.07. The Morgan fingerprint density at radius 2 is 2.00 bits per heavy atom. The molecular formula is C13H18BrNO. The van der Waals surface area contributed by atoms with Crippen molar-refractivity contribution in [1.29, 1.82) is 0 Å². The molecule has 1 aromatic rings. The van der Waals surface area contributed by atoms with E-state index < -0.39 is 5.60 Å². The minimum Gasteiger partial charge on any atom is -0.385 e. The lowest BCUT2D eigenvalue weighted by Gasteiger charge is -2.30. The third-order valence-electron chi connectivity index (χ3n) is 3.61. The third-order valence-corrected chi connectivity index (χ3v) is 4.14. The van der Waals surface area contributed by atoms with Gasteiger partial charge in [0, 0.05) is 16.9 Å². The van der Waals surface area contributed by atoms with E-state index in [-0.39, 0.29) is 0 Å². The molecule has 1 aromatic carbocycles. The fourth-order valence-electron chi connectivity index (χ4n) is 2.42. The lowest BCUT2D eigenvalue weighted by molar-refractivity contribution is -0.00121. The van der Waals surface area contributed by atoms with E-state index in [9.17, 15) is 5.11 Å². The maximum atomic E-state index is 10.7. The number of benzene rings is 1. The molecule has 1 N–H and O–H groups in total. The quantitative estimate of drug-likeness (QED) is 0.902. The second-order valence-corrected chi connectivity index (χ2v) is 5.82. The van der Waals surface area contributed by atoms with Crippen LogP contribution < -0.4 is 0 Å². The summed E-state index contributed by atoms with van der Waals surface area (Å²) in [6.45, 7) is 3.99. The van der Waals surface area contributed by atoms with Crippen LogP contribution in [0.15, 0.2) is 28.7 Å². The minimum absolute atomic E-state index is 0.332. The van der Waals surface area contributed by atoms with Crippen LogP contribution in [0, 0.1) is 5.92 Å². The molecule has 1 fully saturated rings. The highest BCUT2D eigenvalue weighted by Crippen LogP contribution is 2.35. The standard InChI is InChI=1S/C13H18BrNO/c1-13(16,11-7-8-15(2)9-11)10-3-5-12(14)6-4-10/h3-6,11,16H,7-9H2,1-2H3. The van der Waals surface area contributed by atoms with E-state index in [0.717, 1.165) is 29.5 Å². The van der Waals surface area contributed by atoms with Gasteiger partial charge in [0.15, 0.2) is 0 Å². The number of rotatable bonds is 2. The highest BCUT2D eigenvalue weighted by Gasteiger charge is 2.37. The number of halogens is 1. The molecule has 2 atom stereocenters. The second-order valence-electron chi connectivity index (χ2n) is 4.90. The Morgan fingerprint density at radius 3 is 2.50 bits per heavy atom. The number of hydrogen-bond donors (Lipinski definition) is 1. The Morgan fingerprint density at radius 1 is 1.38 bits per heavy atom. The Balaban J connectivity index is 2.21. The zero-order valence-corrected chi connectivity index (χ0v) is 11.4. The van der Waals surface area contributed by atoms with Gasteiger partial charge >= 0.3 is 0 Å². The maximum Gasteiger partial charge on any atom is 0.0909 e. The first kappa shape index (κ1) is 12.1. The van der Waals surface area contributed by atoms with Crippen molar-refractivity contribution in [2.75, 3.05) is 20.1 Å². The molecule has 0 spiro atoms. The molecule has 1 aliphatic rings. The van der Waals surface area contributed by atoms with Crippen LogP contribution in [0.25, 0.3) is 0 Å². The topological polar surface area (TPSA) is 23.5 Å². The number of likely N-dealkylation sites (tertiary alicyclic amines) is 1. The van der Waals surface area contributed by atoms with E-state index >= 15 is 0 Å². The van der Waals surface area contributed by atoms with E-state index in [1.165, 1.54) is 0 Å². The average Bonchev–Trinajstić information content (AvgIpc) is 2.66. The van der Waals surface area contributed by atoms with Crippen LogP contribution in [-0.4, -0.2) is 30.1 Å². The largest absolute Gasteiger partial charge is 0.385 e. The summed E-state index contributed by atoms with van der Waals surface area (Å²) in [5.41, 5.74) is 0.293. The van der Waals surface area contributed by atoms with Crippen molar-refractivity contribution < 1.29 is 5.11 Å². The monoisotopic (exact) mass is 283 g/mol. The molecule has 88 valence electrons. The molecule has 0 saturated carbocycles. The van der Waals surface area contributed by atoms with Crippen molar-refractivity contribution >= 4 is 15.9 Å². The van der Waals surface area contributed by atoms with Crippen LogP contribution in [0.3, 0.4) is 0 Å². The smallest absolute Gasteiger partial charge is 0.0909 e. The Bertz CT molecular complexity index is 361. The van der Waals surface area contributed by atoms with Crippen molar-refractivity contribution in [2.24, 2.45) is 5.92 Å². The Kier molecular flexibility index (Phi) is 3.38. The Hall–Kier alpha value is -0.380. The summed E-state index contributed by atoms with van der Waals surface area (Å²) < 4.78 is 1.05. The fourth-order valence-corrected chi connectivity index (χ4v) is 2.68. The normalized spacial score (nSPS) is 25.6. The first-order valence-corrected chi connectivity index (χ1v) is 6.46. The predicted octanol–water partition coefficient (Wildman–Crippen LogP) is 2.61. The number of nitrogens with zero attached hydrogens (tertiary/aromatic N) is 1. The van der Waals surface area contributed by atoms with Crippen molar-refractivity contribution in [1.82, 2.24) is 4.90 Å². The van der Waals surface area contributed by atoms with Crippen LogP contribution in [-0.2, 0) is 5.60 Å². The lowest BCUT2D eigenvalue weighted by atomic mass is 9.82. The van der Waals surface area contributed by atoms with Crippen molar-refractivity contribution in [3.8, 4) is 0 Å². The molecule has 0 amide bonds. The summed E-state index contributed by atoms with van der Waals surface area (Å²) in [6, 6.07) is 7.98.